The van der Waals surface area contributed by atoms with Crippen molar-refractivity contribution in [3.05, 3.63) is 84.4 Å². The van der Waals surface area contributed by atoms with Crippen molar-refractivity contribution in [1.29, 1.82) is 0 Å². The summed E-state index contributed by atoms with van der Waals surface area (Å²) in [6, 6.07) is 26.4. The minimum absolute atomic E-state index is 0.727. The molecule has 0 amide bonds. The number of hydrogen-bond acceptors (Lipinski definition) is 3. The van der Waals surface area contributed by atoms with Crippen molar-refractivity contribution in [3.63, 3.8) is 0 Å². The Bertz CT molecular complexity index is 994. The van der Waals surface area contributed by atoms with Gasteiger partial charge in [0.1, 0.15) is 5.82 Å². The molecule has 0 aliphatic rings. The summed E-state index contributed by atoms with van der Waals surface area (Å²) in [5, 5.41) is 4.49. The lowest BCUT2D eigenvalue weighted by atomic mass is 10.1. The van der Waals surface area contributed by atoms with E-state index in [-0.39, 0.29) is 0 Å². The van der Waals surface area contributed by atoms with E-state index in [1.54, 1.807) is 0 Å². The predicted molar refractivity (Wildman–Crippen MR) is 99.4 cm³/mol. The number of fused-ring (bicyclic) bond motifs is 1. The zero-order valence-electron chi connectivity index (χ0n) is 13.4. The first-order valence-corrected chi connectivity index (χ1v) is 7.96. The van der Waals surface area contributed by atoms with Gasteiger partial charge in [-0.15, -0.1) is 0 Å². The lowest BCUT2D eigenvalue weighted by molar-refractivity contribution is 1.22. The summed E-state index contributed by atoms with van der Waals surface area (Å²) in [6.45, 7) is 2.09. The molecule has 0 fully saturated rings. The molecule has 0 spiro atoms. The molecule has 0 bridgehead atoms. The summed E-state index contributed by atoms with van der Waals surface area (Å²) in [6.07, 6.45) is 0. The summed E-state index contributed by atoms with van der Waals surface area (Å²) < 4.78 is 0. The van der Waals surface area contributed by atoms with Crippen LogP contribution < -0.4 is 5.32 Å². The number of anilines is 2. The smallest absolute Gasteiger partial charge is 0.162 e. The molecule has 116 valence electrons. The molecular formula is C21H17N3. The molecule has 3 heteroatoms. The third kappa shape index (κ3) is 2.72. The van der Waals surface area contributed by atoms with Gasteiger partial charge in [0.15, 0.2) is 5.82 Å². The molecule has 24 heavy (non-hydrogen) atoms. The molecule has 1 aromatic heterocycles. The Morgan fingerprint density at radius 3 is 2.25 bits per heavy atom. The normalized spacial score (nSPS) is 10.7. The number of para-hydroxylation sites is 2. The summed E-state index contributed by atoms with van der Waals surface area (Å²) in [5.74, 6) is 1.55. The van der Waals surface area contributed by atoms with E-state index in [1.165, 1.54) is 5.56 Å². The molecule has 0 saturated carbocycles. The van der Waals surface area contributed by atoms with E-state index in [1.807, 2.05) is 66.7 Å². The van der Waals surface area contributed by atoms with Crippen molar-refractivity contribution in [2.45, 2.75) is 6.92 Å². The summed E-state index contributed by atoms with van der Waals surface area (Å²) >= 11 is 0. The molecule has 1 N–H and O–H groups in total. The Hall–Kier alpha value is -3.20. The lowest BCUT2D eigenvalue weighted by Gasteiger charge is -2.12. The number of hydrogen-bond donors (Lipinski definition) is 1. The van der Waals surface area contributed by atoms with Gasteiger partial charge in [0, 0.05) is 16.6 Å². The molecule has 0 aliphatic carbocycles. The second kappa shape index (κ2) is 6.13. The first-order chi connectivity index (χ1) is 11.8. The van der Waals surface area contributed by atoms with Crippen LogP contribution in [0.25, 0.3) is 22.3 Å². The Balaban J connectivity index is 1.88. The summed E-state index contributed by atoms with van der Waals surface area (Å²) in [7, 11) is 0. The van der Waals surface area contributed by atoms with E-state index in [9.17, 15) is 0 Å². The zero-order valence-corrected chi connectivity index (χ0v) is 13.4. The Kier molecular flexibility index (Phi) is 3.67. The molecule has 1 heterocycles. The standard InChI is InChI=1S/C21H17N3/c1-15-9-5-7-13-18(15)22-21-17-12-6-8-14-19(17)23-20(24-21)16-10-3-2-4-11-16/h2-14H,1H3,(H,22,23,24). The third-order valence-electron chi connectivity index (χ3n) is 4.03. The van der Waals surface area contributed by atoms with Crippen LogP contribution in [0.4, 0.5) is 11.5 Å². The maximum Gasteiger partial charge on any atom is 0.162 e. The van der Waals surface area contributed by atoms with E-state index >= 15 is 0 Å². The topological polar surface area (TPSA) is 37.8 Å². The highest BCUT2D eigenvalue weighted by atomic mass is 15.0. The van der Waals surface area contributed by atoms with Gasteiger partial charge in [0.25, 0.3) is 0 Å². The van der Waals surface area contributed by atoms with Gasteiger partial charge in [0.05, 0.1) is 5.52 Å². The fourth-order valence-electron chi connectivity index (χ4n) is 2.73. The van der Waals surface area contributed by atoms with E-state index in [0.29, 0.717) is 0 Å². The van der Waals surface area contributed by atoms with Crippen LogP contribution in [0.2, 0.25) is 0 Å². The monoisotopic (exact) mass is 311 g/mol. The van der Waals surface area contributed by atoms with Crippen LogP contribution in [-0.2, 0) is 0 Å². The third-order valence-corrected chi connectivity index (χ3v) is 4.03. The molecule has 0 radical (unpaired) electrons. The lowest BCUT2D eigenvalue weighted by Crippen LogP contribution is -2.00. The molecular weight excluding hydrogens is 294 g/mol. The first kappa shape index (κ1) is 14.4. The average Bonchev–Trinajstić information content (AvgIpc) is 2.64. The minimum Gasteiger partial charge on any atom is -0.339 e. The van der Waals surface area contributed by atoms with Crippen LogP contribution >= 0.6 is 0 Å². The van der Waals surface area contributed by atoms with Gasteiger partial charge < -0.3 is 5.32 Å². The molecule has 3 aromatic carbocycles. The minimum atomic E-state index is 0.727. The summed E-state index contributed by atoms with van der Waals surface area (Å²) in [4.78, 5) is 9.50. The van der Waals surface area contributed by atoms with Crippen molar-refractivity contribution in [2.75, 3.05) is 5.32 Å². The van der Waals surface area contributed by atoms with Crippen molar-refractivity contribution in [1.82, 2.24) is 9.97 Å². The fraction of sp³-hybridized carbons (Fsp3) is 0.0476. The second-order valence-electron chi connectivity index (χ2n) is 5.72. The maximum atomic E-state index is 4.79. The molecule has 4 rings (SSSR count). The number of rotatable bonds is 3. The van der Waals surface area contributed by atoms with Crippen LogP contribution in [0.3, 0.4) is 0 Å². The number of benzene rings is 3. The molecule has 0 saturated heterocycles. The number of nitrogens with zero attached hydrogens (tertiary/aromatic N) is 2. The van der Waals surface area contributed by atoms with Crippen LogP contribution in [0.1, 0.15) is 5.56 Å². The van der Waals surface area contributed by atoms with E-state index < -0.39 is 0 Å². The van der Waals surface area contributed by atoms with Gasteiger partial charge in [-0.3, -0.25) is 0 Å². The zero-order chi connectivity index (χ0) is 16.4. The fourth-order valence-corrected chi connectivity index (χ4v) is 2.73. The van der Waals surface area contributed by atoms with Crippen molar-refractivity contribution in [2.24, 2.45) is 0 Å². The van der Waals surface area contributed by atoms with Gasteiger partial charge >= 0.3 is 0 Å². The highest BCUT2D eigenvalue weighted by Crippen LogP contribution is 2.28. The maximum absolute atomic E-state index is 4.79. The molecule has 0 unspecified atom stereocenters. The molecule has 0 aliphatic heterocycles. The molecule has 0 atom stereocenters. The van der Waals surface area contributed by atoms with Crippen molar-refractivity contribution >= 4 is 22.4 Å². The van der Waals surface area contributed by atoms with Gasteiger partial charge in [-0.1, -0.05) is 60.7 Å². The van der Waals surface area contributed by atoms with Crippen molar-refractivity contribution in [3.8, 4) is 11.4 Å². The Morgan fingerprint density at radius 1 is 0.708 bits per heavy atom. The number of aryl methyl sites for hydroxylation is 1. The first-order valence-electron chi connectivity index (χ1n) is 7.96. The quantitative estimate of drug-likeness (QED) is 0.554. The number of aromatic nitrogens is 2. The Labute approximate surface area is 141 Å². The predicted octanol–water partition coefficient (Wildman–Crippen LogP) is 5.35. The SMILES string of the molecule is Cc1ccccc1Nc1nc(-c2ccccc2)nc2ccccc12. The van der Waals surface area contributed by atoms with Gasteiger partial charge in [-0.25, -0.2) is 9.97 Å². The summed E-state index contributed by atoms with van der Waals surface area (Å²) in [5.41, 5.74) is 4.18. The molecule has 4 aromatic rings. The highest BCUT2D eigenvalue weighted by molar-refractivity contribution is 5.92. The van der Waals surface area contributed by atoms with Crippen LogP contribution in [0.5, 0.6) is 0 Å². The van der Waals surface area contributed by atoms with Gasteiger partial charge in [-0.05, 0) is 30.7 Å². The number of nitrogens with one attached hydrogen (secondary N) is 1. The second-order valence-corrected chi connectivity index (χ2v) is 5.72. The highest BCUT2D eigenvalue weighted by Gasteiger charge is 2.10. The van der Waals surface area contributed by atoms with Crippen molar-refractivity contribution < 1.29 is 0 Å². The average molecular weight is 311 g/mol. The van der Waals surface area contributed by atoms with Crippen LogP contribution in [-0.4, -0.2) is 9.97 Å². The van der Waals surface area contributed by atoms with Gasteiger partial charge in [0.2, 0.25) is 0 Å². The van der Waals surface area contributed by atoms with E-state index in [4.69, 9.17) is 9.97 Å². The van der Waals surface area contributed by atoms with E-state index in [2.05, 4.69) is 24.4 Å². The van der Waals surface area contributed by atoms with Gasteiger partial charge in [-0.2, -0.15) is 0 Å². The van der Waals surface area contributed by atoms with Crippen LogP contribution in [0.15, 0.2) is 78.9 Å². The largest absolute Gasteiger partial charge is 0.339 e. The molecule has 3 nitrogen and oxygen atoms in total. The van der Waals surface area contributed by atoms with E-state index in [0.717, 1.165) is 33.8 Å². The Morgan fingerprint density at radius 2 is 1.42 bits per heavy atom. The van der Waals surface area contributed by atoms with Crippen LogP contribution in [0, 0.1) is 6.92 Å².